The molecule has 84 valence electrons. The van der Waals surface area contributed by atoms with Crippen molar-refractivity contribution in [2.24, 2.45) is 11.8 Å². The smallest absolute Gasteiger partial charge is 0.371 e. The molecule has 6 heteroatoms. The van der Waals surface area contributed by atoms with Crippen LogP contribution in [0.25, 0.3) is 0 Å². The number of rotatable bonds is 1. The van der Waals surface area contributed by atoms with Crippen LogP contribution in [0.3, 0.4) is 0 Å². The Morgan fingerprint density at radius 3 is 2.67 bits per heavy atom. The van der Waals surface area contributed by atoms with Gasteiger partial charge in [0.15, 0.2) is 0 Å². The SMILES string of the molecule is O=C1C2COC23CN(CC(F)(F)F)CC13. The fraction of sp³-hybridized carbons (Fsp3) is 0.889. The number of halogens is 3. The third kappa shape index (κ3) is 1.12. The average molecular weight is 221 g/mol. The third-order valence-corrected chi connectivity index (χ3v) is 3.70. The molecule has 1 saturated carbocycles. The van der Waals surface area contributed by atoms with Crippen LogP contribution in [0.2, 0.25) is 0 Å². The molecule has 2 aliphatic heterocycles. The second-order valence-corrected chi connectivity index (χ2v) is 4.56. The van der Waals surface area contributed by atoms with E-state index >= 15 is 0 Å². The quantitative estimate of drug-likeness (QED) is 0.643. The number of nitrogens with zero attached hydrogens (tertiary/aromatic N) is 1. The minimum atomic E-state index is -4.19. The maximum absolute atomic E-state index is 12.2. The first-order chi connectivity index (χ1) is 6.92. The number of carbonyl (C=O) groups excluding carboxylic acids is 1. The van der Waals surface area contributed by atoms with E-state index in [1.165, 1.54) is 4.90 Å². The van der Waals surface area contributed by atoms with Gasteiger partial charge in [-0.05, 0) is 0 Å². The Bertz CT molecular complexity index is 330. The molecule has 3 atom stereocenters. The Balaban J connectivity index is 1.71. The third-order valence-electron chi connectivity index (χ3n) is 3.70. The van der Waals surface area contributed by atoms with Crippen molar-refractivity contribution in [3.8, 4) is 0 Å². The van der Waals surface area contributed by atoms with Crippen LogP contribution in [-0.4, -0.2) is 48.7 Å². The highest BCUT2D eigenvalue weighted by atomic mass is 19.4. The van der Waals surface area contributed by atoms with Gasteiger partial charge in [0.25, 0.3) is 0 Å². The average Bonchev–Trinajstić information content (AvgIpc) is 2.39. The molecule has 0 radical (unpaired) electrons. The molecule has 1 spiro atoms. The predicted octanol–water partition coefficient (Wildman–Crippen LogP) is 0.448. The normalized spacial score (nSPS) is 44.3. The second kappa shape index (κ2) is 2.55. The zero-order chi connectivity index (χ0) is 10.8. The standard InChI is InChI=1S/C9H10F3NO2/c10-9(11,12)4-13-1-5-7(14)6-2-15-8(5,6)3-13/h5-6H,1-4H2. The molecule has 0 aromatic carbocycles. The van der Waals surface area contributed by atoms with Crippen molar-refractivity contribution in [2.45, 2.75) is 11.8 Å². The highest BCUT2D eigenvalue weighted by Crippen LogP contribution is 2.55. The lowest BCUT2D eigenvalue weighted by Crippen LogP contribution is -2.73. The van der Waals surface area contributed by atoms with Crippen LogP contribution in [0.5, 0.6) is 0 Å². The molecular weight excluding hydrogens is 211 g/mol. The molecule has 0 amide bonds. The molecule has 0 aromatic heterocycles. The summed E-state index contributed by atoms with van der Waals surface area (Å²) in [5.41, 5.74) is -0.539. The first-order valence-electron chi connectivity index (χ1n) is 4.89. The molecular formula is C9H10F3NO2. The largest absolute Gasteiger partial charge is 0.401 e. The predicted molar refractivity (Wildman–Crippen MR) is 43.2 cm³/mol. The van der Waals surface area contributed by atoms with Crippen LogP contribution in [0.15, 0.2) is 0 Å². The van der Waals surface area contributed by atoms with Gasteiger partial charge in [0.2, 0.25) is 0 Å². The number of ketones is 1. The van der Waals surface area contributed by atoms with Gasteiger partial charge in [0.05, 0.1) is 25.0 Å². The number of likely N-dealkylation sites (tertiary alicyclic amines) is 1. The Morgan fingerprint density at radius 1 is 1.47 bits per heavy atom. The van der Waals surface area contributed by atoms with Gasteiger partial charge in [-0.15, -0.1) is 0 Å². The summed E-state index contributed by atoms with van der Waals surface area (Å²) in [4.78, 5) is 12.7. The van der Waals surface area contributed by atoms with E-state index in [0.29, 0.717) is 6.61 Å². The van der Waals surface area contributed by atoms with Gasteiger partial charge in [0, 0.05) is 13.1 Å². The van der Waals surface area contributed by atoms with Crippen LogP contribution < -0.4 is 0 Å². The van der Waals surface area contributed by atoms with Crippen molar-refractivity contribution in [1.29, 1.82) is 0 Å². The summed E-state index contributed by atoms with van der Waals surface area (Å²) in [6, 6.07) is 0. The van der Waals surface area contributed by atoms with E-state index in [4.69, 9.17) is 4.74 Å². The van der Waals surface area contributed by atoms with Gasteiger partial charge in [0.1, 0.15) is 11.4 Å². The maximum Gasteiger partial charge on any atom is 0.401 e. The lowest BCUT2D eigenvalue weighted by molar-refractivity contribution is -0.253. The summed E-state index contributed by atoms with van der Waals surface area (Å²) >= 11 is 0. The van der Waals surface area contributed by atoms with Gasteiger partial charge in [-0.1, -0.05) is 0 Å². The highest BCUT2D eigenvalue weighted by Gasteiger charge is 2.72. The number of ether oxygens (including phenoxy) is 1. The van der Waals surface area contributed by atoms with Gasteiger partial charge < -0.3 is 4.74 Å². The minimum Gasteiger partial charge on any atom is -0.371 e. The first-order valence-corrected chi connectivity index (χ1v) is 4.89. The number of Topliss-reactive ketones (excluding diaryl/α,β-unsaturated/α-hetero) is 1. The summed E-state index contributed by atoms with van der Waals surface area (Å²) in [6.07, 6.45) is -4.19. The van der Waals surface area contributed by atoms with Crippen LogP contribution in [0.4, 0.5) is 13.2 Å². The zero-order valence-electron chi connectivity index (χ0n) is 7.88. The molecule has 15 heavy (non-hydrogen) atoms. The van der Waals surface area contributed by atoms with Gasteiger partial charge >= 0.3 is 6.18 Å². The molecule has 3 fully saturated rings. The highest BCUT2D eigenvalue weighted by molar-refractivity contribution is 5.95. The Morgan fingerprint density at radius 2 is 2.20 bits per heavy atom. The molecule has 2 heterocycles. The summed E-state index contributed by atoms with van der Waals surface area (Å²) in [5.74, 6) is -0.342. The lowest BCUT2D eigenvalue weighted by atomic mass is 9.58. The summed E-state index contributed by atoms with van der Waals surface area (Å²) in [6.45, 7) is -0.0772. The number of alkyl halides is 3. The number of carbonyl (C=O) groups is 1. The number of hydrogen-bond donors (Lipinski definition) is 0. The number of hydrogen-bond acceptors (Lipinski definition) is 3. The topological polar surface area (TPSA) is 29.5 Å². The van der Waals surface area contributed by atoms with Crippen molar-refractivity contribution in [3.63, 3.8) is 0 Å². The first kappa shape index (κ1) is 9.59. The summed E-state index contributed by atoms with van der Waals surface area (Å²) in [5, 5.41) is 0. The fourth-order valence-corrected chi connectivity index (χ4v) is 2.99. The van der Waals surface area contributed by atoms with Gasteiger partial charge in [-0.25, -0.2) is 0 Å². The molecule has 0 N–H and O–H groups in total. The molecule has 3 nitrogen and oxygen atoms in total. The maximum atomic E-state index is 12.2. The van der Waals surface area contributed by atoms with E-state index < -0.39 is 18.3 Å². The Kier molecular flexibility index (Phi) is 1.63. The van der Waals surface area contributed by atoms with Crippen LogP contribution >= 0.6 is 0 Å². The van der Waals surface area contributed by atoms with E-state index in [9.17, 15) is 18.0 Å². The second-order valence-electron chi connectivity index (χ2n) is 4.56. The van der Waals surface area contributed by atoms with Crippen LogP contribution in [0, 0.1) is 11.8 Å². The molecule has 3 rings (SSSR count). The van der Waals surface area contributed by atoms with Gasteiger partial charge in [-0.2, -0.15) is 13.2 Å². The molecule has 3 aliphatic rings. The van der Waals surface area contributed by atoms with Crippen molar-refractivity contribution in [1.82, 2.24) is 4.90 Å². The minimum absolute atomic E-state index is 0.0888. The van der Waals surface area contributed by atoms with Gasteiger partial charge in [-0.3, -0.25) is 9.69 Å². The van der Waals surface area contributed by atoms with Crippen molar-refractivity contribution < 1.29 is 22.7 Å². The van der Waals surface area contributed by atoms with Crippen LogP contribution in [0.1, 0.15) is 0 Å². The molecule has 2 saturated heterocycles. The van der Waals surface area contributed by atoms with E-state index in [0.717, 1.165) is 0 Å². The molecule has 0 bridgehead atoms. The van der Waals surface area contributed by atoms with E-state index in [2.05, 4.69) is 0 Å². The Labute approximate surface area is 84.2 Å². The molecule has 1 aliphatic carbocycles. The zero-order valence-corrected chi connectivity index (χ0v) is 7.88. The molecule has 0 aromatic rings. The summed E-state index contributed by atoms with van der Waals surface area (Å²) < 4.78 is 41.8. The fourth-order valence-electron chi connectivity index (χ4n) is 2.99. The van der Waals surface area contributed by atoms with Crippen LogP contribution in [-0.2, 0) is 9.53 Å². The van der Waals surface area contributed by atoms with E-state index in [-0.39, 0.29) is 30.7 Å². The lowest BCUT2D eigenvalue weighted by Gasteiger charge is -2.57. The van der Waals surface area contributed by atoms with Crippen molar-refractivity contribution in [2.75, 3.05) is 26.2 Å². The Hall–Kier alpha value is -0.620. The van der Waals surface area contributed by atoms with E-state index in [1.807, 2.05) is 0 Å². The van der Waals surface area contributed by atoms with Crippen molar-refractivity contribution >= 4 is 5.78 Å². The van der Waals surface area contributed by atoms with Crippen molar-refractivity contribution in [3.05, 3.63) is 0 Å². The molecule has 3 unspecified atom stereocenters. The monoisotopic (exact) mass is 221 g/mol. The van der Waals surface area contributed by atoms with E-state index in [1.54, 1.807) is 0 Å². The summed E-state index contributed by atoms with van der Waals surface area (Å²) in [7, 11) is 0.